The summed E-state index contributed by atoms with van der Waals surface area (Å²) in [6.07, 6.45) is 2.79. The number of carbonyl (C=O) groups excluding carboxylic acids is 1. The van der Waals surface area contributed by atoms with Crippen LogP contribution in [0.3, 0.4) is 0 Å². The van der Waals surface area contributed by atoms with Gasteiger partial charge in [0.1, 0.15) is 0 Å². The third kappa shape index (κ3) is 5.28. The van der Waals surface area contributed by atoms with Crippen LogP contribution in [0.5, 0.6) is 0 Å². The molecule has 4 rings (SSSR count). The molecule has 0 unspecified atom stereocenters. The molecule has 1 aliphatic rings. The van der Waals surface area contributed by atoms with E-state index in [0.717, 1.165) is 24.8 Å². The Kier molecular flexibility index (Phi) is 8.23. The van der Waals surface area contributed by atoms with Crippen molar-refractivity contribution in [2.24, 2.45) is 0 Å². The molecule has 2 aromatic carbocycles. The first-order chi connectivity index (χ1) is 15.4. The van der Waals surface area contributed by atoms with Crippen LogP contribution in [-0.4, -0.2) is 45.4 Å². The van der Waals surface area contributed by atoms with E-state index in [0.29, 0.717) is 6.41 Å². The van der Waals surface area contributed by atoms with Gasteiger partial charge in [-0.3, -0.25) is 4.79 Å². The molecule has 1 amide bonds. The van der Waals surface area contributed by atoms with Crippen molar-refractivity contribution in [1.82, 2.24) is 10.3 Å². The molecule has 0 aliphatic carbocycles. The Bertz CT molecular complexity index is 901. The fraction of sp³-hybridized carbons (Fsp3) is 0.360. The van der Waals surface area contributed by atoms with Gasteiger partial charge in [0.15, 0.2) is 5.13 Å². The van der Waals surface area contributed by atoms with Crippen molar-refractivity contribution in [3.05, 3.63) is 72.2 Å². The molecule has 1 saturated heterocycles. The monoisotopic (exact) mass is 467 g/mol. The molecule has 0 radical (unpaired) electrons. The lowest BCUT2D eigenvalue weighted by molar-refractivity contribution is -0.109. The fourth-order valence-corrected chi connectivity index (χ4v) is 9.39. The maximum atomic E-state index is 9.29. The van der Waals surface area contributed by atoms with Crippen LogP contribution in [0.1, 0.15) is 27.7 Å². The van der Waals surface area contributed by atoms with Crippen molar-refractivity contribution >= 4 is 41.6 Å². The molecule has 1 N–H and O–H groups in total. The van der Waals surface area contributed by atoms with E-state index in [1.807, 2.05) is 18.5 Å². The lowest BCUT2D eigenvalue weighted by atomic mass is 10.2. The number of aromatic nitrogens is 1. The molecular weight excluding hydrogens is 434 g/mol. The molecule has 1 aliphatic heterocycles. The second-order valence-corrected chi connectivity index (χ2v) is 13.9. The first-order valence-electron chi connectivity index (χ1n) is 11.0. The van der Waals surface area contributed by atoms with Gasteiger partial charge in [-0.15, -0.1) is 11.3 Å². The molecule has 0 atom stereocenters. The molecule has 32 heavy (non-hydrogen) atoms. The molecule has 1 fully saturated rings. The van der Waals surface area contributed by atoms with Gasteiger partial charge in [-0.25, -0.2) is 4.98 Å². The van der Waals surface area contributed by atoms with Crippen molar-refractivity contribution < 1.29 is 9.22 Å². The number of nitrogens with one attached hydrogen (secondary N) is 1. The zero-order valence-electron chi connectivity index (χ0n) is 19.3. The Morgan fingerprint density at radius 2 is 1.66 bits per heavy atom. The van der Waals surface area contributed by atoms with E-state index < -0.39 is 8.32 Å². The minimum atomic E-state index is -2.44. The van der Waals surface area contributed by atoms with E-state index in [1.54, 1.807) is 11.3 Å². The van der Waals surface area contributed by atoms with Crippen LogP contribution >= 0.6 is 11.3 Å². The highest BCUT2D eigenvalue weighted by Gasteiger charge is 2.52. The van der Waals surface area contributed by atoms with E-state index >= 15 is 0 Å². The van der Waals surface area contributed by atoms with Gasteiger partial charge in [0.05, 0.1) is 6.10 Å². The number of thiazole rings is 1. The van der Waals surface area contributed by atoms with Crippen LogP contribution < -0.4 is 20.6 Å². The summed E-state index contributed by atoms with van der Waals surface area (Å²) in [4.78, 5) is 16.0. The van der Waals surface area contributed by atoms with Crippen LogP contribution in [0.15, 0.2) is 72.2 Å². The summed E-state index contributed by atoms with van der Waals surface area (Å²) in [5.41, 5.74) is 0. The summed E-state index contributed by atoms with van der Waals surface area (Å²) in [6.45, 7) is 11.4. The van der Waals surface area contributed by atoms with Crippen LogP contribution in [0.4, 0.5) is 5.13 Å². The van der Waals surface area contributed by atoms with Crippen molar-refractivity contribution in [2.45, 2.75) is 38.8 Å². The van der Waals surface area contributed by atoms with Crippen LogP contribution in [0.25, 0.3) is 0 Å². The van der Waals surface area contributed by atoms with Crippen LogP contribution in [0.2, 0.25) is 5.04 Å². The van der Waals surface area contributed by atoms with Crippen molar-refractivity contribution in [1.29, 1.82) is 0 Å². The number of anilines is 1. The Hall–Kier alpha value is -2.48. The normalized spacial score (nSPS) is 14.2. The molecule has 0 bridgehead atoms. The van der Waals surface area contributed by atoms with E-state index in [4.69, 9.17) is 4.43 Å². The Balaban J connectivity index is 0.000000523. The number of hydrogen-bond donors (Lipinski definition) is 1. The number of benzene rings is 2. The third-order valence-electron chi connectivity index (χ3n) is 5.59. The maximum absolute atomic E-state index is 9.29. The van der Waals surface area contributed by atoms with Gasteiger partial charge >= 0.3 is 0 Å². The lowest BCUT2D eigenvalue weighted by Gasteiger charge is -2.49. The minimum Gasteiger partial charge on any atom is -0.401 e. The standard InChI is InChI=1S/C22H26N2OSSi.C3H7NO/c1-22(2,3)27(19-10-6-4-7-11-19,20-12-8-5-9-13-20)25-18-16-24(17-18)21-23-14-15-26-21;1-2-4-3-5/h4-15,18H,16-17H2,1-3H3;3H,2H2,1H3,(H,4,5). The maximum Gasteiger partial charge on any atom is 0.261 e. The summed E-state index contributed by atoms with van der Waals surface area (Å²) in [5, 5.41) is 8.27. The van der Waals surface area contributed by atoms with Crippen LogP contribution in [-0.2, 0) is 9.22 Å². The SMILES string of the molecule is CC(C)(C)[Si](OC1CN(c2nccs2)C1)(c1ccccc1)c1ccccc1.CCNC=O. The number of amides is 1. The smallest absolute Gasteiger partial charge is 0.261 e. The highest BCUT2D eigenvalue weighted by atomic mass is 32.1. The first-order valence-corrected chi connectivity index (χ1v) is 13.8. The van der Waals surface area contributed by atoms with Crippen molar-refractivity contribution in [2.75, 3.05) is 24.5 Å². The second-order valence-electron chi connectivity index (χ2n) is 8.80. The molecule has 0 saturated carbocycles. The molecule has 2 heterocycles. The van der Waals surface area contributed by atoms with Gasteiger partial charge < -0.3 is 14.6 Å². The molecule has 5 nitrogen and oxygen atoms in total. The fourth-order valence-electron chi connectivity index (χ4n) is 4.07. The Labute approximate surface area is 196 Å². The Morgan fingerprint density at radius 3 is 2.03 bits per heavy atom. The average Bonchev–Trinajstić information content (AvgIpc) is 3.29. The van der Waals surface area contributed by atoms with Crippen LogP contribution in [0, 0.1) is 0 Å². The van der Waals surface area contributed by atoms with Gasteiger partial charge in [-0.05, 0) is 22.3 Å². The molecule has 3 aromatic rings. The van der Waals surface area contributed by atoms with Gasteiger partial charge in [0.2, 0.25) is 6.41 Å². The number of nitrogens with zero attached hydrogens (tertiary/aromatic N) is 2. The highest BCUT2D eigenvalue weighted by Crippen LogP contribution is 2.39. The van der Waals surface area contributed by atoms with E-state index in [2.05, 4.69) is 96.6 Å². The summed E-state index contributed by atoms with van der Waals surface area (Å²) < 4.78 is 7.11. The average molecular weight is 468 g/mol. The number of rotatable bonds is 7. The zero-order chi connectivity index (χ0) is 23.0. The summed E-state index contributed by atoms with van der Waals surface area (Å²) in [7, 11) is -2.44. The van der Waals surface area contributed by atoms with Crippen molar-refractivity contribution in [3.63, 3.8) is 0 Å². The number of carbonyl (C=O) groups is 1. The summed E-state index contributed by atoms with van der Waals surface area (Å²) >= 11 is 1.70. The van der Waals surface area contributed by atoms with E-state index in [9.17, 15) is 4.79 Å². The summed E-state index contributed by atoms with van der Waals surface area (Å²) in [5.74, 6) is 0. The first kappa shape index (κ1) is 24.2. The second kappa shape index (κ2) is 10.9. The zero-order valence-corrected chi connectivity index (χ0v) is 21.1. The lowest BCUT2D eigenvalue weighted by Crippen LogP contribution is -2.70. The topological polar surface area (TPSA) is 54.5 Å². The van der Waals surface area contributed by atoms with Gasteiger partial charge in [0, 0.05) is 31.2 Å². The molecule has 1 aromatic heterocycles. The van der Waals surface area contributed by atoms with E-state index in [-0.39, 0.29) is 11.1 Å². The number of hydrogen-bond acceptors (Lipinski definition) is 5. The summed E-state index contributed by atoms with van der Waals surface area (Å²) in [6, 6.07) is 21.7. The highest BCUT2D eigenvalue weighted by molar-refractivity contribution is 7.13. The molecule has 7 heteroatoms. The predicted octanol–water partition coefficient (Wildman–Crippen LogP) is 3.66. The third-order valence-corrected chi connectivity index (χ3v) is 11.5. The minimum absolute atomic E-state index is 0.0251. The molecule has 0 spiro atoms. The molecular formula is C25H33N3O2SSi. The van der Waals surface area contributed by atoms with Crippen molar-refractivity contribution in [3.8, 4) is 0 Å². The van der Waals surface area contributed by atoms with Gasteiger partial charge in [-0.1, -0.05) is 81.4 Å². The van der Waals surface area contributed by atoms with Gasteiger partial charge in [-0.2, -0.15) is 0 Å². The largest absolute Gasteiger partial charge is 0.401 e. The Morgan fingerprint density at radius 1 is 1.09 bits per heavy atom. The predicted molar refractivity (Wildman–Crippen MR) is 137 cm³/mol. The molecule has 170 valence electrons. The van der Waals surface area contributed by atoms with E-state index in [1.165, 1.54) is 10.4 Å². The quantitative estimate of drug-likeness (QED) is 0.426. The van der Waals surface area contributed by atoms with Gasteiger partial charge in [0.25, 0.3) is 8.32 Å².